The van der Waals surface area contributed by atoms with E-state index in [9.17, 15) is 0 Å². The van der Waals surface area contributed by atoms with Crippen LogP contribution in [0, 0.1) is 6.92 Å². The zero-order chi connectivity index (χ0) is 14.7. The molecule has 0 unspecified atom stereocenters. The van der Waals surface area contributed by atoms with Crippen LogP contribution in [0.15, 0.2) is 58.8 Å². The minimum absolute atomic E-state index is 0.666. The monoisotopic (exact) mass is 297 g/mol. The molecule has 1 saturated heterocycles. The largest absolute Gasteiger partial charge is 0.299 e. The van der Waals surface area contributed by atoms with Crippen molar-refractivity contribution in [2.75, 3.05) is 19.6 Å². The Labute approximate surface area is 131 Å². The molecule has 0 saturated carbocycles. The average molecular weight is 298 g/mol. The second kappa shape index (κ2) is 6.49. The number of hydrogen-bond donors (Lipinski definition) is 0. The van der Waals surface area contributed by atoms with Crippen LogP contribution in [0.25, 0.3) is 5.57 Å². The highest BCUT2D eigenvalue weighted by molar-refractivity contribution is 6.31. The smallest absolute Gasteiger partial charge is 0.0830 e. The van der Waals surface area contributed by atoms with Gasteiger partial charge in [0.2, 0.25) is 0 Å². The maximum atomic E-state index is 6.24. The summed E-state index contributed by atoms with van der Waals surface area (Å²) < 4.78 is 0. The van der Waals surface area contributed by atoms with Gasteiger partial charge in [0.1, 0.15) is 0 Å². The molecule has 0 aromatic heterocycles. The predicted molar refractivity (Wildman–Crippen MR) is 90.4 cm³/mol. The van der Waals surface area contributed by atoms with Crippen LogP contribution >= 0.6 is 11.6 Å². The summed E-state index contributed by atoms with van der Waals surface area (Å²) >= 11 is 6.24. The van der Waals surface area contributed by atoms with Crippen LogP contribution in [0.3, 0.4) is 0 Å². The lowest BCUT2D eigenvalue weighted by molar-refractivity contribution is 0.371. The number of aryl methyl sites for hydroxylation is 1. The van der Waals surface area contributed by atoms with Gasteiger partial charge in [-0.3, -0.25) is 4.90 Å². The van der Waals surface area contributed by atoms with E-state index >= 15 is 0 Å². The number of hydrogen-bond acceptors (Lipinski definition) is 1. The molecule has 0 radical (unpaired) electrons. The van der Waals surface area contributed by atoms with E-state index in [1.807, 2.05) is 6.08 Å². The molecule has 0 amide bonds. The highest BCUT2D eigenvalue weighted by Gasteiger charge is 2.13. The molecule has 2 heteroatoms. The lowest BCUT2D eigenvalue weighted by Gasteiger charge is -2.15. The van der Waals surface area contributed by atoms with E-state index < -0.39 is 0 Å². The summed E-state index contributed by atoms with van der Waals surface area (Å²) in [7, 11) is 0. The van der Waals surface area contributed by atoms with Gasteiger partial charge in [-0.05, 0) is 56.1 Å². The van der Waals surface area contributed by atoms with Gasteiger partial charge in [0.15, 0.2) is 0 Å². The third-order valence-corrected chi connectivity index (χ3v) is 4.18. The van der Waals surface area contributed by atoms with Gasteiger partial charge in [-0.2, -0.15) is 0 Å². The second-order valence-corrected chi connectivity index (χ2v) is 6.20. The van der Waals surface area contributed by atoms with Crippen LogP contribution in [0.2, 0.25) is 0 Å². The maximum absolute atomic E-state index is 6.24. The fourth-order valence-corrected chi connectivity index (χ4v) is 3.05. The van der Waals surface area contributed by atoms with Crippen LogP contribution in [0.1, 0.15) is 24.0 Å². The number of rotatable bonds is 3. The topological polar surface area (TPSA) is 3.24 Å². The van der Waals surface area contributed by atoms with Crippen LogP contribution in [0.5, 0.6) is 0 Å². The molecule has 1 fully saturated rings. The highest BCUT2D eigenvalue weighted by atomic mass is 35.5. The van der Waals surface area contributed by atoms with E-state index in [0.29, 0.717) is 5.03 Å². The third kappa shape index (κ3) is 3.77. The summed E-state index contributed by atoms with van der Waals surface area (Å²) in [5.41, 5.74) is 8.10. The number of halogens is 1. The molecule has 2 aliphatic rings. The molecule has 1 aromatic carbocycles. The molecule has 108 valence electrons. The van der Waals surface area contributed by atoms with Crippen molar-refractivity contribution in [2.24, 2.45) is 0 Å². The summed E-state index contributed by atoms with van der Waals surface area (Å²) in [4.78, 5) is 2.50. The quantitative estimate of drug-likeness (QED) is 0.732. The number of likely N-dealkylation sites (tertiary alicyclic amines) is 1. The van der Waals surface area contributed by atoms with Crippen molar-refractivity contribution < 1.29 is 0 Å². The van der Waals surface area contributed by atoms with Gasteiger partial charge in [-0.1, -0.05) is 53.2 Å². The van der Waals surface area contributed by atoms with Crippen molar-refractivity contribution in [1.29, 1.82) is 0 Å². The van der Waals surface area contributed by atoms with Crippen molar-refractivity contribution >= 4 is 17.2 Å². The first-order valence-electron chi connectivity index (χ1n) is 7.55. The highest BCUT2D eigenvalue weighted by Crippen LogP contribution is 2.23. The molecule has 1 nitrogen and oxygen atoms in total. The van der Waals surface area contributed by atoms with Crippen molar-refractivity contribution in [3.63, 3.8) is 0 Å². The molecule has 21 heavy (non-hydrogen) atoms. The lowest BCUT2D eigenvalue weighted by atomic mass is 10.0. The molecule has 0 bridgehead atoms. The molecule has 0 N–H and O–H groups in total. The lowest BCUT2D eigenvalue weighted by Crippen LogP contribution is -2.21. The van der Waals surface area contributed by atoms with Gasteiger partial charge in [0.25, 0.3) is 0 Å². The fraction of sp³-hybridized carbons (Fsp3) is 0.316. The molecule has 3 rings (SSSR count). The normalized spacial score (nSPS) is 19.0. The molecule has 1 aromatic rings. The summed E-state index contributed by atoms with van der Waals surface area (Å²) in [5.74, 6) is 0. The zero-order valence-corrected chi connectivity index (χ0v) is 13.2. The molecule has 1 aliphatic carbocycles. The van der Waals surface area contributed by atoms with Crippen molar-refractivity contribution in [1.82, 2.24) is 4.90 Å². The molecule has 0 spiro atoms. The van der Waals surface area contributed by atoms with E-state index in [-0.39, 0.29) is 0 Å². The Hall–Kier alpha value is -1.53. The van der Waals surface area contributed by atoms with E-state index in [0.717, 1.165) is 12.1 Å². The van der Waals surface area contributed by atoms with Crippen LogP contribution in [-0.2, 0) is 0 Å². The van der Waals surface area contributed by atoms with Gasteiger partial charge < -0.3 is 0 Å². The first kappa shape index (κ1) is 14.4. The maximum Gasteiger partial charge on any atom is 0.0830 e. The van der Waals surface area contributed by atoms with Gasteiger partial charge in [-0.15, -0.1) is 0 Å². The van der Waals surface area contributed by atoms with Gasteiger partial charge in [-0.25, -0.2) is 0 Å². The first-order chi connectivity index (χ1) is 10.2. The summed E-state index contributed by atoms with van der Waals surface area (Å²) in [5, 5.41) is 0.666. The minimum atomic E-state index is 0.666. The number of allylic oxidation sites excluding steroid dienone is 3. The third-order valence-electron chi connectivity index (χ3n) is 3.96. The van der Waals surface area contributed by atoms with Crippen LogP contribution in [0.4, 0.5) is 0 Å². The summed E-state index contributed by atoms with van der Waals surface area (Å²) in [6, 6.07) is 8.50. The SMILES string of the molecule is Cc1cccc(C2=C=C(Cl)C=CC(CN3CCCC3)=C2)c1. The van der Waals surface area contributed by atoms with E-state index in [4.69, 9.17) is 11.6 Å². The molecular weight excluding hydrogens is 278 g/mol. The fourth-order valence-electron chi connectivity index (χ4n) is 2.89. The Bertz CT molecular complexity index is 654. The Morgan fingerprint density at radius 3 is 2.76 bits per heavy atom. The Morgan fingerprint density at radius 1 is 1.19 bits per heavy atom. The van der Waals surface area contributed by atoms with E-state index in [1.165, 1.54) is 42.6 Å². The standard InChI is InChI=1S/C19H20ClN/c1-15-5-4-6-17(11-15)18-12-16(7-8-19(20)13-18)14-21-9-2-3-10-21/h4-8,11-12H,2-3,9-10,14H2,1H3. The van der Waals surface area contributed by atoms with Crippen LogP contribution < -0.4 is 0 Å². The van der Waals surface area contributed by atoms with Crippen molar-refractivity contribution in [2.45, 2.75) is 19.8 Å². The molecule has 0 atom stereocenters. The van der Waals surface area contributed by atoms with E-state index in [1.54, 1.807) is 0 Å². The Balaban J connectivity index is 1.90. The molecule has 1 heterocycles. The predicted octanol–water partition coefficient (Wildman–Crippen LogP) is 4.69. The Kier molecular flexibility index (Phi) is 4.45. The Morgan fingerprint density at radius 2 is 2.00 bits per heavy atom. The van der Waals surface area contributed by atoms with Crippen molar-refractivity contribution in [3.8, 4) is 0 Å². The van der Waals surface area contributed by atoms with E-state index in [2.05, 4.69) is 54.0 Å². The minimum Gasteiger partial charge on any atom is -0.299 e. The van der Waals surface area contributed by atoms with Crippen LogP contribution in [-0.4, -0.2) is 24.5 Å². The summed E-state index contributed by atoms with van der Waals surface area (Å²) in [6.45, 7) is 5.52. The van der Waals surface area contributed by atoms with Gasteiger partial charge in [0, 0.05) is 12.1 Å². The van der Waals surface area contributed by atoms with Gasteiger partial charge in [0.05, 0.1) is 5.03 Å². The molecular formula is C19H20ClN. The zero-order valence-electron chi connectivity index (χ0n) is 12.4. The summed E-state index contributed by atoms with van der Waals surface area (Å²) in [6.07, 6.45) is 8.93. The second-order valence-electron chi connectivity index (χ2n) is 5.79. The number of nitrogens with zero attached hydrogens (tertiary/aromatic N) is 1. The molecule has 1 aliphatic heterocycles. The van der Waals surface area contributed by atoms with Crippen molar-refractivity contribution in [3.05, 3.63) is 70.0 Å². The average Bonchev–Trinajstić information content (AvgIpc) is 2.89. The number of benzene rings is 1. The van der Waals surface area contributed by atoms with Gasteiger partial charge >= 0.3 is 0 Å². The first-order valence-corrected chi connectivity index (χ1v) is 7.93.